The van der Waals surface area contributed by atoms with Gasteiger partial charge in [-0.3, -0.25) is 0 Å². The van der Waals surface area contributed by atoms with Crippen LogP contribution in [0.25, 0.3) is 16.6 Å². The Hall–Kier alpha value is -2.84. The monoisotopic (exact) mass is 522 g/mol. The predicted octanol–water partition coefficient (Wildman–Crippen LogP) is 6.24. The first-order valence-electron chi connectivity index (χ1n) is 11.4. The molecule has 0 aliphatic carbocycles. The molecule has 0 saturated carbocycles. The molecule has 0 bridgehead atoms. The van der Waals surface area contributed by atoms with Crippen molar-refractivity contribution in [3.8, 4) is 5.69 Å². The third-order valence-corrected chi connectivity index (χ3v) is 7.46. The first-order valence-corrected chi connectivity index (χ1v) is 13.1. The molecule has 0 aliphatic rings. The molecule has 0 saturated heterocycles. The fourth-order valence-corrected chi connectivity index (χ4v) is 5.38. The average molecular weight is 523 g/mol. The van der Waals surface area contributed by atoms with E-state index in [9.17, 15) is 0 Å². The summed E-state index contributed by atoms with van der Waals surface area (Å²) in [5.41, 5.74) is 4.33. The van der Waals surface area contributed by atoms with E-state index in [0.717, 1.165) is 41.7 Å². The summed E-state index contributed by atoms with van der Waals surface area (Å²) in [4.78, 5) is 0. The molecule has 2 heterocycles. The zero-order valence-corrected chi connectivity index (χ0v) is 21.3. The summed E-state index contributed by atoms with van der Waals surface area (Å²) < 4.78 is 4.00. The van der Waals surface area contributed by atoms with Gasteiger partial charge >= 0.3 is 0 Å². The Balaban J connectivity index is 1.18. The van der Waals surface area contributed by atoms with Gasteiger partial charge in [0, 0.05) is 45.0 Å². The Bertz CT molecular complexity index is 1400. The van der Waals surface area contributed by atoms with Crippen molar-refractivity contribution in [3.63, 3.8) is 0 Å². The van der Waals surface area contributed by atoms with Gasteiger partial charge in [-0.25, -0.2) is 0 Å². The van der Waals surface area contributed by atoms with Crippen LogP contribution in [0.4, 0.5) is 0 Å². The summed E-state index contributed by atoms with van der Waals surface area (Å²) in [5.74, 6) is 0.924. The Morgan fingerprint density at radius 2 is 1.66 bits per heavy atom. The van der Waals surface area contributed by atoms with Gasteiger partial charge in [0.25, 0.3) is 0 Å². The molecule has 178 valence electrons. The first-order chi connectivity index (χ1) is 17.2. The maximum Gasteiger partial charge on any atom is 0.214 e. The van der Waals surface area contributed by atoms with Crippen LogP contribution in [0.2, 0.25) is 10.0 Å². The second kappa shape index (κ2) is 11.3. The van der Waals surface area contributed by atoms with Gasteiger partial charge in [0.2, 0.25) is 5.16 Å². The van der Waals surface area contributed by atoms with E-state index in [2.05, 4.69) is 55.9 Å². The lowest BCUT2D eigenvalue weighted by Crippen LogP contribution is -2.15. The molecule has 0 fully saturated rings. The quantitative estimate of drug-likeness (QED) is 0.173. The number of rotatable bonds is 10. The number of nitrogens with one attached hydrogen (secondary N) is 1. The summed E-state index contributed by atoms with van der Waals surface area (Å²) in [7, 11) is 0. The van der Waals surface area contributed by atoms with Gasteiger partial charge in [0.15, 0.2) is 0 Å². The standard InChI is InChI=1S/C26H24Cl2N6S/c27-23-11-6-12-24(28)22(23)18-33-17-19(21-10-4-5-13-25(21)33)16-29-14-7-15-35-26-30-31-32-34(26)20-8-2-1-3-9-20/h1-6,8-13,17,29H,7,14-16,18H2. The van der Waals surface area contributed by atoms with Gasteiger partial charge in [-0.15, -0.1) is 5.10 Å². The van der Waals surface area contributed by atoms with Crippen molar-refractivity contribution in [1.82, 2.24) is 30.1 Å². The number of fused-ring (bicyclic) bond motifs is 1. The number of nitrogens with zero attached hydrogens (tertiary/aromatic N) is 5. The normalized spacial score (nSPS) is 11.4. The molecule has 2 aromatic heterocycles. The molecule has 5 rings (SSSR count). The topological polar surface area (TPSA) is 60.6 Å². The molecular weight excluding hydrogens is 499 g/mol. The van der Waals surface area contributed by atoms with Crippen LogP contribution in [-0.4, -0.2) is 37.1 Å². The summed E-state index contributed by atoms with van der Waals surface area (Å²) in [5, 5.41) is 19.1. The number of thioether (sulfide) groups is 1. The second-order valence-corrected chi connectivity index (χ2v) is 9.96. The third-order valence-electron chi connectivity index (χ3n) is 5.75. The van der Waals surface area contributed by atoms with E-state index in [1.54, 1.807) is 16.4 Å². The zero-order chi connectivity index (χ0) is 24.0. The summed E-state index contributed by atoms with van der Waals surface area (Å²) in [6.45, 7) is 2.32. The molecule has 1 N–H and O–H groups in total. The highest BCUT2D eigenvalue weighted by Crippen LogP contribution is 2.28. The van der Waals surface area contributed by atoms with Gasteiger partial charge in [-0.1, -0.05) is 77.4 Å². The highest BCUT2D eigenvalue weighted by atomic mass is 35.5. The van der Waals surface area contributed by atoms with E-state index >= 15 is 0 Å². The lowest BCUT2D eigenvalue weighted by atomic mass is 10.2. The highest BCUT2D eigenvalue weighted by Gasteiger charge is 2.12. The lowest BCUT2D eigenvalue weighted by molar-refractivity contribution is 0.677. The third kappa shape index (κ3) is 5.54. The van der Waals surface area contributed by atoms with E-state index in [4.69, 9.17) is 23.2 Å². The molecule has 0 radical (unpaired) electrons. The number of benzene rings is 3. The number of hydrogen-bond donors (Lipinski definition) is 1. The first kappa shape index (κ1) is 23.9. The van der Waals surface area contributed by atoms with Gasteiger partial charge < -0.3 is 9.88 Å². The summed E-state index contributed by atoms with van der Waals surface area (Å²) >= 11 is 14.5. The van der Waals surface area contributed by atoms with Crippen molar-refractivity contribution < 1.29 is 0 Å². The van der Waals surface area contributed by atoms with Crippen LogP contribution in [0, 0.1) is 0 Å². The summed E-state index contributed by atoms with van der Waals surface area (Å²) in [6.07, 6.45) is 3.19. The Labute approximate surface area is 218 Å². The second-order valence-electron chi connectivity index (χ2n) is 8.09. The molecule has 9 heteroatoms. The van der Waals surface area contributed by atoms with Crippen molar-refractivity contribution in [1.29, 1.82) is 0 Å². The predicted molar refractivity (Wildman–Crippen MR) is 144 cm³/mol. The molecule has 3 aromatic carbocycles. The van der Waals surface area contributed by atoms with Crippen molar-refractivity contribution in [2.24, 2.45) is 0 Å². The molecule has 0 aliphatic heterocycles. The van der Waals surface area contributed by atoms with Crippen molar-refractivity contribution in [2.75, 3.05) is 12.3 Å². The van der Waals surface area contributed by atoms with Gasteiger partial charge in [-0.05, 0) is 59.3 Å². The Morgan fingerprint density at radius 3 is 2.49 bits per heavy atom. The van der Waals surface area contributed by atoms with Gasteiger partial charge in [0.05, 0.1) is 12.2 Å². The van der Waals surface area contributed by atoms with Crippen molar-refractivity contribution in [2.45, 2.75) is 24.7 Å². The Kier molecular flexibility index (Phi) is 7.69. The summed E-state index contributed by atoms with van der Waals surface area (Å²) in [6, 6.07) is 24.0. The van der Waals surface area contributed by atoms with E-state index in [-0.39, 0.29) is 0 Å². The van der Waals surface area contributed by atoms with Crippen LogP contribution in [0.15, 0.2) is 84.1 Å². The fourth-order valence-electron chi connectivity index (χ4n) is 4.03. The maximum absolute atomic E-state index is 6.43. The van der Waals surface area contributed by atoms with Crippen LogP contribution >= 0.6 is 35.0 Å². The molecule has 0 amide bonds. The van der Waals surface area contributed by atoms with E-state index in [1.807, 2.05) is 48.5 Å². The van der Waals surface area contributed by atoms with Crippen LogP contribution in [0.3, 0.4) is 0 Å². The number of hydrogen-bond acceptors (Lipinski definition) is 5. The maximum atomic E-state index is 6.43. The minimum absolute atomic E-state index is 0.631. The van der Waals surface area contributed by atoms with Gasteiger partial charge in [0.1, 0.15) is 0 Å². The van der Waals surface area contributed by atoms with Crippen LogP contribution in [0.5, 0.6) is 0 Å². The highest BCUT2D eigenvalue weighted by molar-refractivity contribution is 7.99. The minimum Gasteiger partial charge on any atom is -0.343 e. The fraction of sp³-hybridized carbons (Fsp3) is 0.192. The minimum atomic E-state index is 0.631. The SMILES string of the molecule is Clc1cccc(Cl)c1Cn1cc(CNCCCSc2nnnn2-c2ccccc2)c2ccccc21. The Morgan fingerprint density at radius 1 is 0.886 bits per heavy atom. The van der Waals surface area contributed by atoms with Crippen LogP contribution in [-0.2, 0) is 13.1 Å². The number of para-hydroxylation sites is 2. The van der Waals surface area contributed by atoms with Crippen molar-refractivity contribution >= 4 is 45.9 Å². The van der Waals surface area contributed by atoms with Crippen molar-refractivity contribution in [3.05, 3.63) is 100 Å². The number of tetrazole rings is 1. The smallest absolute Gasteiger partial charge is 0.214 e. The number of halogens is 2. The molecule has 35 heavy (non-hydrogen) atoms. The van der Waals surface area contributed by atoms with E-state index in [1.165, 1.54) is 16.5 Å². The largest absolute Gasteiger partial charge is 0.343 e. The average Bonchev–Trinajstić information content (AvgIpc) is 3.49. The van der Waals surface area contributed by atoms with Crippen LogP contribution in [0.1, 0.15) is 17.5 Å². The molecule has 5 aromatic rings. The molecular formula is C26H24Cl2N6S. The molecule has 6 nitrogen and oxygen atoms in total. The van der Waals surface area contributed by atoms with E-state index in [0.29, 0.717) is 16.6 Å². The zero-order valence-electron chi connectivity index (χ0n) is 18.9. The van der Waals surface area contributed by atoms with Crippen LogP contribution < -0.4 is 5.32 Å². The molecule has 0 atom stereocenters. The van der Waals surface area contributed by atoms with Gasteiger partial charge in [-0.2, -0.15) is 4.68 Å². The number of aromatic nitrogens is 5. The lowest BCUT2D eigenvalue weighted by Gasteiger charge is -2.09. The van der Waals surface area contributed by atoms with E-state index < -0.39 is 0 Å². The molecule has 0 spiro atoms. The molecule has 0 unspecified atom stereocenters.